The van der Waals surface area contributed by atoms with Gasteiger partial charge in [0, 0.05) is 14.1 Å². The maximum atomic E-state index is 14.2. The Morgan fingerprint density at radius 1 is 0.816 bits per heavy atom. The zero-order chi connectivity index (χ0) is 37.4. The largest absolute Gasteiger partial charge is 0.460 e. The Kier molecular flexibility index (Phi) is 19.4. The first-order valence-corrected chi connectivity index (χ1v) is 17.9. The van der Waals surface area contributed by atoms with Crippen molar-refractivity contribution >= 4 is 35.5 Å². The normalized spacial score (nSPS) is 27.0. The van der Waals surface area contributed by atoms with Gasteiger partial charge in [-0.1, -0.05) is 73.6 Å². The molecule has 0 aromatic heterocycles. The number of cyclic esters (lactones) is 1. The van der Waals surface area contributed by atoms with Gasteiger partial charge in [0.15, 0.2) is 0 Å². The topological polar surface area (TPSA) is 195 Å². The molecule has 1 saturated heterocycles. The van der Waals surface area contributed by atoms with Gasteiger partial charge in [-0.25, -0.2) is 0 Å². The Bertz CT molecular complexity index is 1100. The molecule has 1 aliphatic rings. The Hall–Kier alpha value is -3.26. The number of likely N-dealkylation sites (N-methyl/N-ethyl adjacent to an activating group) is 2. The first-order chi connectivity index (χ1) is 23.0. The van der Waals surface area contributed by atoms with Gasteiger partial charge in [0.1, 0.15) is 36.8 Å². The summed E-state index contributed by atoms with van der Waals surface area (Å²) in [5, 5.41) is 28.1. The van der Waals surface area contributed by atoms with E-state index < -0.39 is 91.0 Å². The summed E-state index contributed by atoms with van der Waals surface area (Å²) in [6.07, 6.45) is 3.91. The fourth-order valence-electron chi connectivity index (χ4n) is 5.96. The van der Waals surface area contributed by atoms with E-state index in [2.05, 4.69) is 22.9 Å². The van der Waals surface area contributed by atoms with E-state index in [1.54, 1.807) is 6.92 Å². The standard InChI is InChI=1S/C35H63N5O9/c1-10-13-14-15-16-17-27-24(12-3)34(47)40(9)26(18-21(4)5)32(45)37-29(22(6)11-2)33(46)36-25(20-41)31(44)38-30(23(7)42)35(48)39(8)19-28(43)49-27/h21-27,29-30,41-42H,10-20H2,1-9H3,(H,36,46)(H,37,45)(H,38,44)/t22-,23+,24-,25+,26+,27-,29+,30+/m1/s1. The molecule has 5 amide bonds. The van der Waals surface area contributed by atoms with Crippen molar-refractivity contribution in [3.05, 3.63) is 0 Å². The lowest BCUT2D eigenvalue weighted by Gasteiger charge is -2.35. The molecule has 1 rings (SSSR count). The monoisotopic (exact) mass is 697 g/mol. The fourth-order valence-corrected chi connectivity index (χ4v) is 5.96. The van der Waals surface area contributed by atoms with Gasteiger partial charge in [0.2, 0.25) is 29.5 Å². The molecular formula is C35H63N5O9. The van der Waals surface area contributed by atoms with E-state index in [0.29, 0.717) is 25.7 Å². The second-order valence-electron chi connectivity index (χ2n) is 13.9. The number of hydrogen-bond acceptors (Lipinski definition) is 9. The number of amides is 5. The molecule has 0 radical (unpaired) electrons. The number of aliphatic hydroxyl groups excluding tert-OH is 2. The Morgan fingerprint density at radius 3 is 1.96 bits per heavy atom. The Labute approximate surface area is 292 Å². The summed E-state index contributed by atoms with van der Waals surface area (Å²) in [5.74, 6) is -5.40. The highest BCUT2D eigenvalue weighted by Crippen LogP contribution is 2.24. The van der Waals surface area contributed by atoms with E-state index in [1.165, 1.54) is 25.9 Å². The van der Waals surface area contributed by atoms with E-state index in [4.69, 9.17) is 4.74 Å². The molecule has 282 valence electrons. The molecule has 0 saturated carbocycles. The van der Waals surface area contributed by atoms with Crippen LogP contribution in [0.4, 0.5) is 0 Å². The van der Waals surface area contributed by atoms with Crippen molar-refractivity contribution in [2.24, 2.45) is 17.8 Å². The Balaban J connectivity index is 3.74. The molecule has 0 spiro atoms. The SMILES string of the molecule is CCCCCCC[C@H]1OC(=O)CN(C)C(=O)[C@H]([C@H](C)O)NC(=O)[C@H](CO)NC(=O)[C@H]([C@H](C)CC)NC(=O)[C@H](CC(C)C)N(C)C(=O)[C@@H]1CC. The van der Waals surface area contributed by atoms with Crippen LogP contribution in [0.25, 0.3) is 0 Å². The average molecular weight is 698 g/mol. The van der Waals surface area contributed by atoms with Crippen molar-refractivity contribution in [2.45, 2.75) is 143 Å². The lowest BCUT2D eigenvalue weighted by atomic mass is 9.91. The number of rotatable bonds is 13. The molecule has 1 fully saturated rings. The number of aliphatic hydroxyl groups is 2. The zero-order valence-corrected chi connectivity index (χ0v) is 31.1. The van der Waals surface area contributed by atoms with Crippen molar-refractivity contribution in [3.8, 4) is 0 Å². The summed E-state index contributed by atoms with van der Waals surface area (Å²) in [5.41, 5.74) is 0. The van der Waals surface area contributed by atoms with Crippen LogP contribution in [0.2, 0.25) is 0 Å². The molecule has 1 heterocycles. The van der Waals surface area contributed by atoms with Crippen LogP contribution >= 0.6 is 0 Å². The van der Waals surface area contributed by atoms with Gasteiger partial charge in [-0.05, 0) is 44.4 Å². The molecular weight excluding hydrogens is 634 g/mol. The minimum Gasteiger partial charge on any atom is -0.460 e. The number of hydrogen-bond donors (Lipinski definition) is 5. The predicted molar refractivity (Wildman–Crippen MR) is 185 cm³/mol. The van der Waals surface area contributed by atoms with E-state index in [0.717, 1.165) is 30.6 Å². The number of ether oxygens (including phenoxy) is 1. The van der Waals surface area contributed by atoms with Crippen LogP contribution in [-0.4, -0.2) is 119 Å². The highest BCUT2D eigenvalue weighted by molar-refractivity contribution is 5.96. The number of carbonyl (C=O) groups excluding carboxylic acids is 6. The van der Waals surface area contributed by atoms with Gasteiger partial charge in [-0.3, -0.25) is 28.8 Å². The predicted octanol–water partition coefficient (Wildman–Crippen LogP) is 1.50. The van der Waals surface area contributed by atoms with E-state index in [9.17, 15) is 39.0 Å². The minimum absolute atomic E-state index is 0.00634. The van der Waals surface area contributed by atoms with Crippen molar-refractivity contribution in [3.63, 3.8) is 0 Å². The van der Waals surface area contributed by atoms with Gasteiger partial charge in [0.05, 0.1) is 18.6 Å². The van der Waals surface area contributed by atoms with Crippen molar-refractivity contribution < 1.29 is 43.7 Å². The molecule has 0 aromatic rings. The van der Waals surface area contributed by atoms with Crippen molar-refractivity contribution in [1.29, 1.82) is 0 Å². The van der Waals surface area contributed by atoms with Crippen molar-refractivity contribution in [1.82, 2.24) is 25.8 Å². The maximum absolute atomic E-state index is 14.2. The summed E-state index contributed by atoms with van der Waals surface area (Å²) in [6, 6.07) is -5.13. The van der Waals surface area contributed by atoms with Gasteiger partial charge in [-0.15, -0.1) is 0 Å². The first-order valence-electron chi connectivity index (χ1n) is 17.9. The second-order valence-corrected chi connectivity index (χ2v) is 13.9. The van der Waals surface area contributed by atoms with Crippen LogP contribution in [0, 0.1) is 17.8 Å². The van der Waals surface area contributed by atoms with Crippen LogP contribution in [0.15, 0.2) is 0 Å². The molecule has 8 atom stereocenters. The van der Waals surface area contributed by atoms with Crippen LogP contribution in [0.1, 0.15) is 106 Å². The molecule has 14 nitrogen and oxygen atoms in total. The van der Waals surface area contributed by atoms with Gasteiger partial charge < -0.3 is 40.7 Å². The maximum Gasteiger partial charge on any atom is 0.325 e. The smallest absolute Gasteiger partial charge is 0.325 e. The lowest BCUT2D eigenvalue weighted by Crippen LogP contribution is -2.61. The zero-order valence-electron chi connectivity index (χ0n) is 31.1. The van der Waals surface area contributed by atoms with E-state index in [-0.39, 0.29) is 18.2 Å². The summed E-state index contributed by atoms with van der Waals surface area (Å²) >= 11 is 0. The third-order valence-electron chi connectivity index (χ3n) is 9.29. The molecule has 5 N–H and O–H groups in total. The second kappa shape index (κ2) is 21.7. The molecule has 0 aliphatic carbocycles. The molecule has 14 heteroatoms. The van der Waals surface area contributed by atoms with E-state index in [1.807, 2.05) is 27.7 Å². The average Bonchev–Trinajstić information content (AvgIpc) is 3.05. The highest BCUT2D eigenvalue weighted by Gasteiger charge is 2.39. The quantitative estimate of drug-likeness (QED) is 0.140. The molecule has 1 aliphatic heterocycles. The van der Waals surface area contributed by atoms with Crippen molar-refractivity contribution in [2.75, 3.05) is 27.2 Å². The summed E-state index contributed by atoms with van der Waals surface area (Å²) in [6.45, 7) is 11.3. The van der Waals surface area contributed by atoms with Crippen LogP contribution in [0.3, 0.4) is 0 Å². The van der Waals surface area contributed by atoms with Crippen LogP contribution < -0.4 is 16.0 Å². The molecule has 0 bridgehead atoms. The van der Waals surface area contributed by atoms with Gasteiger partial charge >= 0.3 is 5.97 Å². The number of nitrogens with one attached hydrogen (secondary N) is 3. The summed E-state index contributed by atoms with van der Waals surface area (Å²) in [7, 11) is 2.85. The number of esters is 1. The third kappa shape index (κ3) is 13.5. The number of carbonyl (C=O) groups is 6. The number of nitrogens with zero attached hydrogens (tertiary/aromatic N) is 2. The third-order valence-corrected chi connectivity index (χ3v) is 9.29. The summed E-state index contributed by atoms with van der Waals surface area (Å²) < 4.78 is 5.92. The van der Waals surface area contributed by atoms with Gasteiger partial charge in [-0.2, -0.15) is 0 Å². The van der Waals surface area contributed by atoms with Gasteiger partial charge in [0.25, 0.3) is 0 Å². The van der Waals surface area contributed by atoms with Crippen LogP contribution in [-0.2, 0) is 33.5 Å². The first kappa shape index (κ1) is 43.8. The van der Waals surface area contributed by atoms with E-state index >= 15 is 0 Å². The fraction of sp³-hybridized carbons (Fsp3) is 0.829. The molecule has 49 heavy (non-hydrogen) atoms. The molecule has 0 unspecified atom stereocenters. The number of unbranched alkanes of at least 4 members (excludes halogenated alkanes) is 4. The molecule has 0 aromatic carbocycles. The lowest BCUT2D eigenvalue weighted by molar-refractivity contribution is -0.161. The minimum atomic E-state index is -1.53. The Morgan fingerprint density at radius 2 is 1.43 bits per heavy atom. The van der Waals surface area contributed by atoms with Crippen LogP contribution in [0.5, 0.6) is 0 Å². The highest BCUT2D eigenvalue weighted by atomic mass is 16.5. The summed E-state index contributed by atoms with van der Waals surface area (Å²) in [4.78, 5) is 84.0.